The van der Waals surface area contributed by atoms with Gasteiger partial charge < -0.3 is 4.74 Å². The van der Waals surface area contributed by atoms with Gasteiger partial charge in [0.05, 0.1) is 16.8 Å². The van der Waals surface area contributed by atoms with Crippen LogP contribution in [-0.4, -0.2) is 11.1 Å². The van der Waals surface area contributed by atoms with Crippen molar-refractivity contribution in [3.8, 4) is 5.75 Å². The Labute approximate surface area is 161 Å². The zero-order chi connectivity index (χ0) is 19.1. The van der Waals surface area contributed by atoms with Gasteiger partial charge in [0.25, 0.3) is 5.69 Å². The molecular formula is C20H16ClN3O3. The SMILES string of the molecule is O=[N+]([O-])c1ccc(N/N=C\c2cccc(OCc3ccc(Cl)cc3)c2)cc1. The van der Waals surface area contributed by atoms with Crippen LogP contribution in [-0.2, 0) is 6.61 Å². The lowest BCUT2D eigenvalue weighted by molar-refractivity contribution is -0.384. The first kappa shape index (κ1) is 18.4. The van der Waals surface area contributed by atoms with E-state index >= 15 is 0 Å². The van der Waals surface area contributed by atoms with Crippen LogP contribution in [0.2, 0.25) is 5.02 Å². The minimum Gasteiger partial charge on any atom is -0.489 e. The van der Waals surface area contributed by atoms with Crippen molar-refractivity contribution in [2.75, 3.05) is 5.43 Å². The molecule has 0 unspecified atom stereocenters. The number of hydrogen-bond acceptors (Lipinski definition) is 5. The number of benzene rings is 3. The molecule has 0 aromatic heterocycles. The van der Waals surface area contributed by atoms with Crippen molar-refractivity contribution in [1.82, 2.24) is 0 Å². The number of anilines is 1. The molecule has 1 N–H and O–H groups in total. The number of non-ortho nitro benzene ring substituents is 1. The third-order valence-corrected chi connectivity index (χ3v) is 3.91. The van der Waals surface area contributed by atoms with Gasteiger partial charge in [-0.25, -0.2) is 0 Å². The van der Waals surface area contributed by atoms with E-state index in [4.69, 9.17) is 16.3 Å². The molecule has 0 radical (unpaired) electrons. The molecule has 0 spiro atoms. The number of rotatable bonds is 7. The summed E-state index contributed by atoms with van der Waals surface area (Å²) in [6, 6.07) is 21.0. The lowest BCUT2D eigenvalue weighted by atomic mass is 10.2. The molecule has 0 aliphatic carbocycles. The summed E-state index contributed by atoms with van der Waals surface area (Å²) < 4.78 is 5.78. The van der Waals surface area contributed by atoms with Gasteiger partial charge in [-0.1, -0.05) is 35.9 Å². The fourth-order valence-corrected chi connectivity index (χ4v) is 2.40. The van der Waals surface area contributed by atoms with Crippen molar-refractivity contribution in [3.05, 3.63) is 99.1 Å². The molecule has 0 fully saturated rings. The molecule has 3 aromatic carbocycles. The summed E-state index contributed by atoms with van der Waals surface area (Å²) in [4.78, 5) is 10.2. The minimum atomic E-state index is -0.442. The number of hydrogen-bond donors (Lipinski definition) is 1. The first-order valence-electron chi connectivity index (χ1n) is 8.11. The molecule has 0 aliphatic heterocycles. The summed E-state index contributed by atoms with van der Waals surface area (Å²) in [6.07, 6.45) is 1.65. The first-order chi connectivity index (χ1) is 13.1. The molecule has 0 aliphatic rings. The number of hydrazone groups is 1. The van der Waals surface area contributed by atoms with E-state index in [9.17, 15) is 10.1 Å². The lowest BCUT2D eigenvalue weighted by Gasteiger charge is -2.07. The Morgan fingerprint density at radius 3 is 2.52 bits per heavy atom. The summed E-state index contributed by atoms with van der Waals surface area (Å²) in [5.74, 6) is 0.726. The third kappa shape index (κ3) is 5.55. The van der Waals surface area contributed by atoms with Crippen molar-refractivity contribution < 1.29 is 9.66 Å². The number of nitrogens with one attached hydrogen (secondary N) is 1. The van der Waals surface area contributed by atoms with Crippen molar-refractivity contribution in [1.29, 1.82) is 0 Å². The van der Waals surface area contributed by atoms with Gasteiger partial charge in [-0.2, -0.15) is 5.10 Å². The van der Waals surface area contributed by atoms with E-state index in [1.54, 1.807) is 18.3 Å². The van der Waals surface area contributed by atoms with Gasteiger partial charge in [0.15, 0.2) is 0 Å². The fraction of sp³-hybridized carbons (Fsp3) is 0.0500. The van der Waals surface area contributed by atoms with Crippen LogP contribution < -0.4 is 10.2 Å². The number of ether oxygens (including phenoxy) is 1. The zero-order valence-corrected chi connectivity index (χ0v) is 15.0. The smallest absolute Gasteiger partial charge is 0.269 e. The maximum absolute atomic E-state index is 10.6. The molecule has 136 valence electrons. The second kappa shape index (κ2) is 8.82. The summed E-state index contributed by atoms with van der Waals surface area (Å²) in [5, 5.41) is 15.5. The Balaban J connectivity index is 1.57. The van der Waals surface area contributed by atoms with Crippen LogP contribution in [0.1, 0.15) is 11.1 Å². The summed E-state index contributed by atoms with van der Waals surface area (Å²) in [5.41, 5.74) is 5.42. The predicted octanol–water partition coefficient (Wildman–Crippen LogP) is 5.27. The average molecular weight is 382 g/mol. The maximum atomic E-state index is 10.6. The number of nitro groups is 1. The zero-order valence-electron chi connectivity index (χ0n) is 14.2. The van der Waals surface area contributed by atoms with E-state index in [-0.39, 0.29) is 5.69 Å². The van der Waals surface area contributed by atoms with Crippen LogP contribution in [0.15, 0.2) is 77.9 Å². The van der Waals surface area contributed by atoms with Crippen LogP contribution in [0.4, 0.5) is 11.4 Å². The second-order valence-electron chi connectivity index (χ2n) is 5.66. The molecule has 0 saturated heterocycles. The van der Waals surface area contributed by atoms with Gasteiger partial charge >= 0.3 is 0 Å². The highest BCUT2D eigenvalue weighted by molar-refractivity contribution is 6.30. The van der Waals surface area contributed by atoms with Gasteiger partial charge in [0.2, 0.25) is 0 Å². The number of nitrogens with zero attached hydrogens (tertiary/aromatic N) is 2. The van der Waals surface area contributed by atoms with E-state index in [1.165, 1.54) is 12.1 Å². The number of halogens is 1. The van der Waals surface area contributed by atoms with Crippen molar-refractivity contribution >= 4 is 29.2 Å². The first-order valence-corrected chi connectivity index (χ1v) is 8.49. The largest absolute Gasteiger partial charge is 0.489 e. The van der Waals surface area contributed by atoms with Crippen molar-refractivity contribution in [3.63, 3.8) is 0 Å². The van der Waals surface area contributed by atoms with E-state index < -0.39 is 4.92 Å². The van der Waals surface area contributed by atoms with Gasteiger partial charge in [-0.15, -0.1) is 0 Å². The second-order valence-corrected chi connectivity index (χ2v) is 6.10. The molecule has 3 rings (SSSR count). The quantitative estimate of drug-likeness (QED) is 0.343. The molecular weight excluding hydrogens is 366 g/mol. The molecule has 6 nitrogen and oxygen atoms in total. The Morgan fingerprint density at radius 1 is 1.07 bits per heavy atom. The van der Waals surface area contributed by atoms with E-state index in [0.29, 0.717) is 17.3 Å². The van der Waals surface area contributed by atoms with Gasteiger partial charge in [-0.3, -0.25) is 15.5 Å². The Kier molecular flexibility index (Phi) is 6.02. The summed E-state index contributed by atoms with van der Waals surface area (Å²) >= 11 is 5.87. The average Bonchev–Trinajstić information content (AvgIpc) is 2.68. The van der Waals surface area contributed by atoms with E-state index in [0.717, 1.165) is 16.9 Å². The molecule has 0 heterocycles. The van der Waals surface area contributed by atoms with Crippen LogP contribution >= 0.6 is 11.6 Å². The molecule has 0 amide bonds. The molecule has 27 heavy (non-hydrogen) atoms. The minimum absolute atomic E-state index is 0.0371. The normalized spacial score (nSPS) is 10.7. The van der Waals surface area contributed by atoms with Crippen molar-refractivity contribution in [2.45, 2.75) is 6.61 Å². The van der Waals surface area contributed by atoms with Crippen molar-refractivity contribution in [2.24, 2.45) is 5.10 Å². The van der Waals surface area contributed by atoms with E-state index in [2.05, 4.69) is 10.5 Å². The fourth-order valence-electron chi connectivity index (χ4n) is 2.27. The molecule has 3 aromatic rings. The number of nitro benzene ring substituents is 1. The third-order valence-electron chi connectivity index (χ3n) is 3.66. The Bertz CT molecular complexity index is 941. The van der Waals surface area contributed by atoms with E-state index in [1.807, 2.05) is 48.5 Å². The highest BCUT2D eigenvalue weighted by Gasteiger charge is 2.03. The van der Waals surface area contributed by atoms with Crippen LogP contribution in [0.5, 0.6) is 5.75 Å². The summed E-state index contributed by atoms with van der Waals surface area (Å²) in [7, 11) is 0. The predicted molar refractivity (Wildman–Crippen MR) is 107 cm³/mol. The monoisotopic (exact) mass is 381 g/mol. The van der Waals surface area contributed by atoms with Crippen LogP contribution in [0.3, 0.4) is 0 Å². The molecule has 0 bridgehead atoms. The highest BCUT2D eigenvalue weighted by atomic mass is 35.5. The summed E-state index contributed by atoms with van der Waals surface area (Å²) in [6.45, 7) is 0.443. The van der Waals surface area contributed by atoms with Gasteiger partial charge in [0, 0.05) is 17.2 Å². The molecule has 0 saturated carbocycles. The van der Waals surface area contributed by atoms with Gasteiger partial charge in [0.1, 0.15) is 12.4 Å². The Morgan fingerprint density at radius 2 is 1.81 bits per heavy atom. The maximum Gasteiger partial charge on any atom is 0.269 e. The molecule has 0 atom stereocenters. The Hall–Kier alpha value is -3.38. The van der Waals surface area contributed by atoms with Crippen LogP contribution in [0.25, 0.3) is 0 Å². The topological polar surface area (TPSA) is 76.8 Å². The van der Waals surface area contributed by atoms with Gasteiger partial charge in [-0.05, 0) is 47.5 Å². The highest BCUT2D eigenvalue weighted by Crippen LogP contribution is 2.17. The molecule has 7 heteroatoms. The standard InChI is InChI=1S/C20H16ClN3O3/c21-17-6-4-15(5-7-17)14-27-20-3-1-2-16(12-20)13-22-23-18-8-10-19(11-9-18)24(25)26/h1-13,23H,14H2/b22-13-. The van der Waals surface area contributed by atoms with Crippen LogP contribution in [0, 0.1) is 10.1 Å². The lowest BCUT2D eigenvalue weighted by Crippen LogP contribution is -1.96.